The van der Waals surface area contributed by atoms with E-state index < -0.39 is 0 Å². The Hall–Kier alpha value is -1.81. The Labute approximate surface area is 119 Å². The largest absolute Gasteiger partial charge is 0.492 e. The molecule has 1 heterocycles. The molecule has 3 rings (SSSR count). The summed E-state index contributed by atoms with van der Waals surface area (Å²) in [6, 6.07) is 7.97. The fraction of sp³-hybridized carbons (Fsp3) is 0.438. The number of ether oxygens (including phenoxy) is 1. The maximum atomic E-state index is 5.81. The van der Waals surface area contributed by atoms with Gasteiger partial charge in [0.2, 0.25) is 0 Å². The van der Waals surface area contributed by atoms with Gasteiger partial charge in [0, 0.05) is 12.2 Å². The molecular weight excluding hydrogens is 250 g/mol. The third-order valence-corrected chi connectivity index (χ3v) is 3.84. The fourth-order valence-corrected chi connectivity index (χ4v) is 2.75. The monoisotopic (exact) mass is 271 g/mol. The molecule has 1 aliphatic carbocycles. The second-order valence-corrected chi connectivity index (χ2v) is 5.24. The van der Waals surface area contributed by atoms with E-state index >= 15 is 0 Å². The van der Waals surface area contributed by atoms with Crippen LogP contribution < -0.4 is 10.5 Å². The zero-order chi connectivity index (χ0) is 13.8. The Kier molecular flexibility index (Phi) is 4.02. The molecule has 20 heavy (non-hydrogen) atoms. The zero-order valence-electron chi connectivity index (χ0n) is 11.7. The van der Waals surface area contributed by atoms with Crippen molar-refractivity contribution in [3.63, 3.8) is 0 Å². The van der Waals surface area contributed by atoms with Gasteiger partial charge in [-0.05, 0) is 43.4 Å². The van der Waals surface area contributed by atoms with Crippen LogP contribution in [0.3, 0.4) is 0 Å². The third-order valence-electron chi connectivity index (χ3n) is 3.84. The van der Waals surface area contributed by atoms with Crippen molar-refractivity contribution in [3.8, 4) is 5.75 Å². The van der Waals surface area contributed by atoms with Crippen LogP contribution in [0.2, 0.25) is 0 Å². The van der Waals surface area contributed by atoms with Gasteiger partial charge in [-0.25, -0.2) is 4.98 Å². The molecule has 4 nitrogen and oxygen atoms in total. The molecule has 0 saturated carbocycles. The number of nitrogens with two attached hydrogens (primary N) is 1. The Morgan fingerprint density at radius 3 is 3.05 bits per heavy atom. The quantitative estimate of drug-likeness (QED) is 0.908. The van der Waals surface area contributed by atoms with E-state index in [-0.39, 0.29) is 0 Å². The first kappa shape index (κ1) is 13.2. The van der Waals surface area contributed by atoms with Crippen LogP contribution >= 0.6 is 0 Å². The molecule has 0 amide bonds. The van der Waals surface area contributed by atoms with E-state index in [1.165, 1.54) is 24.2 Å². The van der Waals surface area contributed by atoms with Crippen LogP contribution in [-0.4, -0.2) is 16.2 Å². The molecule has 0 aliphatic heterocycles. The smallest absolute Gasteiger partial charge is 0.119 e. The van der Waals surface area contributed by atoms with Crippen molar-refractivity contribution in [2.45, 2.75) is 38.8 Å². The summed E-state index contributed by atoms with van der Waals surface area (Å²) < 4.78 is 8.05. The Morgan fingerprint density at radius 1 is 1.25 bits per heavy atom. The topological polar surface area (TPSA) is 53.1 Å². The second-order valence-electron chi connectivity index (χ2n) is 5.24. The van der Waals surface area contributed by atoms with Gasteiger partial charge < -0.3 is 15.0 Å². The maximum absolute atomic E-state index is 5.81. The highest BCUT2D eigenvalue weighted by Crippen LogP contribution is 2.20. The van der Waals surface area contributed by atoms with Crippen molar-refractivity contribution < 1.29 is 4.74 Å². The molecule has 1 aromatic carbocycles. The lowest BCUT2D eigenvalue weighted by Crippen LogP contribution is -2.13. The predicted octanol–water partition coefficient (Wildman–Crippen LogP) is 2.30. The molecule has 1 aliphatic rings. The number of rotatable bonds is 5. The summed E-state index contributed by atoms with van der Waals surface area (Å²) in [7, 11) is 0. The van der Waals surface area contributed by atoms with Gasteiger partial charge in [0.25, 0.3) is 0 Å². The van der Waals surface area contributed by atoms with Crippen LogP contribution in [0.1, 0.15) is 29.8 Å². The first-order valence-corrected chi connectivity index (χ1v) is 7.31. The van der Waals surface area contributed by atoms with Crippen molar-refractivity contribution in [1.82, 2.24) is 9.55 Å². The average molecular weight is 271 g/mol. The van der Waals surface area contributed by atoms with Crippen LogP contribution in [0.25, 0.3) is 0 Å². The summed E-state index contributed by atoms with van der Waals surface area (Å²) in [4.78, 5) is 4.50. The summed E-state index contributed by atoms with van der Waals surface area (Å²) >= 11 is 0. The summed E-state index contributed by atoms with van der Waals surface area (Å²) in [6.07, 6.45) is 6.78. The highest BCUT2D eigenvalue weighted by Gasteiger charge is 2.14. The van der Waals surface area contributed by atoms with Crippen molar-refractivity contribution in [2.24, 2.45) is 5.73 Å². The van der Waals surface area contributed by atoms with E-state index in [2.05, 4.69) is 9.55 Å². The normalized spacial score (nSPS) is 14.1. The fourth-order valence-electron chi connectivity index (χ4n) is 2.75. The number of hydrogen-bond acceptors (Lipinski definition) is 3. The molecule has 1 aromatic heterocycles. The molecule has 4 heteroatoms. The van der Waals surface area contributed by atoms with E-state index in [9.17, 15) is 0 Å². The molecule has 0 radical (unpaired) electrons. The number of hydrogen-bond donors (Lipinski definition) is 1. The minimum absolute atomic E-state index is 0.548. The van der Waals surface area contributed by atoms with Gasteiger partial charge in [-0.2, -0.15) is 0 Å². The molecule has 0 saturated heterocycles. The van der Waals surface area contributed by atoms with Crippen molar-refractivity contribution >= 4 is 0 Å². The van der Waals surface area contributed by atoms with E-state index in [4.69, 9.17) is 10.5 Å². The number of benzene rings is 1. The standard InChI is InChI=1S/C16H21N3O/c17-11-13-4-3-5-14(10-13)20-9-8-19-12-18-15-6-1-2-7-16(15)19/h3-5,10,12H,1-2,6-9,11,17H2. The molecule has 0 bridgehead atoms. The predicted molar refractivity (Wildman–Crippen MR) is 78.7 cm³/mol. The third kappa shape index (κ3) is 2.85. The van der Waals surface area contributed by atoms with Gasteiger partial charge in [0.1, 0.15) is 12.4 Å². The van der Waals surface area contributed by atoms with Crippen LogP contribution in [0, 0.1) is 0 Å². The van der Waals surface area contributed by atoms with Gasteiger partial charge in [-0.1, -0.05) is 12.1 Å². The van der Waals surface area contributed by atoms with Gasteiger partial charge in [-0.3, -0.25) is 0 Å². The number of nitrogens with zero attached hydrogens (tertiary/aromatic N) is 2. The van der Waals surface area contributed by atoms with E-state index in [0.717, 1.165) is 30.7 Å². The van der Waals surface area contributed by atoms with E-state index in [1.807, 2.05) is 30.6 Å². The van der Waals surface area contributed by atoms with Crippen LogP contribution in [-0.2, 0) is 25.9 Å². The zero-order valence-corrected chi connectivity index (χ0v) is 11.7. The lowest BCUT2D eigenvalue weighted by Gasteiger charge is -2.14. The number of fused-ring (bicyclic) bond motifs is 1. The van der Waals surface area contributed by atoms with Crippen LogP contribution in [0.15, 0.2) is 30.6 Å². The molecule has 0 fully saturated rings. The van der Waals surface area contributed by atoms with Gasteiger partial charge >= 0.3 is 0 Å². The molecule has 0 unspecified atom stereocenters. The highest BCUT2D eigenvalue weighted by atomic mass is 16.5. The summed E-state index contributed by atoms with van der Waals surface area (Å²) in [5.41, 5.74) is 9.41. The highest BCUT2D eigenvalue weighted by molar-refractivity contribution is 5.28. The SMILES string of the molecule is NCc1cccc(OCCn2cnc3c2CCCC3)c1. The summed E-state index contributed by atoms with van der Waals surface area (Å²) in [5, 5.41) is 0. The lowest BCUT2D eigenvalue weighted by atomic mass is 10.0. The van der Waals surface area contributed by atoms with E-state index in [0.29, 0.717) is 13.2 Å². The van der Waals surface area contributed by atoms with Crippen LogP contribution in [0.5, 0.6) is 5.75 Å². The first-order chi connectivity index (χ1) is 9.86. The molecular formula is C16H21N3O. The molecule has 2 aromatic rings. The molecule has 2 N–H and O–H groups in total. The molecule has 0 spiro atoms. The average Bonchev–Trinajstić information content (AvgIpc) is 2.91. The minimum Gasteiger partial charge on any atom is -0.492 e. The lowest BCUT2D eigenvalue weighted by molar-refractivity contribution is 0.296. The first-order valence-electron chi connectivity index (χ1n) is 7.31. The van der Waals surface area contributed by atoms with Crippen molar-refractivity contribution in [1.29, 1.82) is 0 Å². The number of aromatic nitrogens is 2. The molecule has 106 valence electrons. The van der Waals surface area contributed by atoms with Gasteiger partial charge in [0.15, 0.2) is 0 Å². The Bertz CT molecular complexity index is 577. The summed E-state index contributed by atoms with van der Waals surface area (Å²) in [6.45, 7) is 2.07. The van der Waals surface area contributed by atoms with Crippen molar-refractivity contribution in [3.05, 3.63) is 47.5 Å². The Balaban J connectivity index is 1.58. The number of imidazole rings is 1. The Morgan fingerprint density at radius 2 is 2.15 bits per heavy atom. The summed E-state index contributed by atoms with van der Waals surface area (Å²) in [5.74, 6) is 0.891. The molecule has 0 atom stereocenters. The van der Waals surface area contributed by atoms with Gasteiger partial charge in [0.05, 0.1) is 18.6 Å². The number of aryl methyl sites for hydroxylation is 1. The van der Waals surface area contributed by atoms with Crippen molar-refractivity contribution in [2.75, 3.05) is 6.61 Å². The minimum atomic E-state index is 0.548. The maximum Gasteiger partial charge on any atom is 0.119 e. The van der Waals surface area contributed by atoms with Crippen LogP contribution in [0.4, 0.5) is 0 Å². The van der Waals surface area contributed by atoms with E-state index in [1.54, 1.807) is 0 Å². The van der Waals surface area contributed by atoms with Gasteiger partial charge in [-0.15, -0.1) is 0 Å². The second kappa shape index (κ2) is 6.09.